The molecule has 0 heterocycles. The number of benzene rings is 1. The van der Waals surface area contributed by atoms with Gasteiger partial charge in [-0.1, -0.05) is 51.1 Å². The van der Waals surface area contributed by atoms with Gasteiger partial charge in [-0.15, -0.1) is 0 Å². The first kappa shape index (κ1) is 16.4. The topological polar surface area (TPSA) is 26.3 Å². The van der Waals surface area contributed by atoms with Crippen molar-refractivity contribution in [2.24, 2.45) is 0 Å². The molecule has 0 amide bonds. The van der Waals surface area contributed by atoms with Crippen molar-refractivity contribution in [2.75, 3.05) is 0 Å². The second kappa shape index (κ2) is 5.69. The first-order chi connectivity index (χ1) is 9.66. The molecule has 3 heteroatoms. The van der Waals surface area contributed by atoms with Crippen LogP contribution in [-0.4, -0.2) is 14.1 Å². The van der Waals surface area contributed by atoms with Crippen LogP contribution in [0.2, 0.25) is 18.1 Å². The quantitative estimate of drug-likeness (QED) is 0.731. The van der Waals surface area contributed by atoms with Crippen molar-refractivity contribution >= 4 is 14.1 Å². The number of rotatable bonds is 3. The normalized spacial score (nSPS) is 19.6. The van der Waals surface area contributed by atoms with Crippen LogP contribution in [-0.2, 0) is 14.8 Å². The maximum Gasteiger partial charge on any atom is 0.193 e. The molecule has 116 valence electrons. The summed E-state index contributed by atoms with van der Waals surface area (Å²) in [6.45, 7) is 11.4. The molecule has 0 unspecified atom stereocenters. The van der Waals surface area contributed by atoms with Crippen LogP contribution >= 0.6 is 0 Å². The van der Waals surface area contributed by atoms with Gasteiger partial charge in [0.1, 0.15) is 5.78 Å². The smallest absolute Gasteiger partial charge is 0.193 e. The van der Waals surface area contributed by atoms with Crippen molar-refractivity contribution in [1.82, 2.24) is 0 Å². The lowest BCUT2D eigenvalue weighted by Crippen LogP contribution is -2.49. The lowest BCUT2D eigenvalue weighted by molar-refractivity contribution is -0.125. The van der Waals surface area contributed by atoms with Crippen molar-refractivity contribution in [3.63, 3.8) is 0 Å². The van der Waals surface area contributed by atoms with Gasteiger partial charge in [-0.05, 0) is 36.5 Å². The summed E-state index contributed by atoms with van der Waals surface area (Å²) in [5.41, 5.74) is 0.973. The van der Waals surface area contributed by atoms with E-state index in [0.29, 0.717) is 18.6 Å². The van der Waals surface area contributed by atoms with Gasteiger partial charge in [-0.3, -0.25) is 4.79 Å². The fourth-order valence-corrected chi connectivity index (χ4v) is 4.37. The summed E-state index contributed by atoms with van der Waals surface area (Å²) < 4.78 is 6.85. The van der Waals surface area contributed by atoms with E-state index in [9.17, 15) is 4.79 Å². The van der Waals surface area contributed by atoms with Crippen LogP contribution in [0.3, 0.4) is 0 Å². The van der Waals surface area contributed by atoms with Gasteiger partial charge in [0.05, 0.1) is 5.60 Å². The van der Waals surface area contributed by atoms with Crippen LogP contribution in [0.15, 0.2) is 30.3 Å². The summed E-state index contributed by atoms with van der Waals surface area (Å²) in [5, 5.41) is 0.177. The predicted octanol–water partition coefficient (Wildman–Crippen LogP) is 5.05. The zero-order valence-corrected chi connectivity index (χ0v) is 15.0. The maximum absolute atomic E-state index is 11.7. The van der Waals surface area contributed by atoms with Gasteiger partial charge in [-0.2, -0.15) is 0 Å². The Hall–Kier alpha value is -0.933. The largest absolute Gasteiger partial charge is 0.407 e. The third kappa shape index (κ3) is 3.46. The monoisotopic (exact) mass is 304 g/mol. The number of hydrogen-bond donors (Lipinski definition) is 0. The summed E-state index contributed by atoms with van der Waals surface area (Å²) in [4.78, 5) is 11.7. The molecule has 0 aromatic heterocycles. The second-order valence-corrected chi connectivity index (χ2v) is 12.5. The van der Waals surface area contributed by atoms with Gasteiger partial charge in [0, 0.05) is 12.8 Å². The zero-order chi connectivity index (χ0) is 15.7. The molecule has 2 rings (SSSR count). The van der Waals surface area contributed by atoms with E-state index in [1.165, 1.54) is 5.56 Å². The van der Waals surface area contributed by atoms with Gasteiger partial charge in [0.15, 0.2) is 8.32 Å². The van der Waals surface area contributed by atoms with Gasteiger partial charge < -0.3 is 4.43 Å². The first-order valence-electron chi connectivity index (χ1n) is 7.94. The lowest BCUT2D eigenvalue weighted by Gasteiger charge is -2.47. The Morgan fingerprint density at radius 1 is 1.05 bits per heavy atom. The molecular formula is C18H28O2Si. The second-order valence-electron chi connectivity index (χ2n) is 7.76. The average Bonchev–Trinajstić information content (AvgIpc) is 2.41. The van der Waals surface area contributed by atoms with E-state index in [0.717, 1.165) is 12.8 Å². The fourth-order valence-electron chi connectivity index (χ4n) is 2.77. The van der Waals surface area contributed by atoms with Crippen LogP contribution in [0, 0.1) is 0 Å². The van der Waals surface area contributed by atoms with E-state index in [1.54, 1.807) is 0 Å². The number of Topliss-reactive ketones (excluding diaryl/α,β-unsaturated/α-hetero) is 1. The van der Waals surface area contributed by atoms with Crippen molar-refractivity contribution in [3.8, 4) is 0 Å². The van der Waals surface area contributed by atoms with Gasteiger partial charge in [0.25, 0.3) is 0 Å². The van der Waals surface area contributed by atoms with Gasteiger partial charge >= 0.3 is 0 Å². The van der Waals surface area contributed by atoms with Crippen LogP contribution < -0.4 is 0 Å². The lowest BCUT2D eigenvalue weighted by atomic mass is 9.79. The maximum atomic E-state index is 11.7. The number of carbonyl (C=O) groups is 1. The van der Waals surface area contributed by atoms with Crippen molar-refractivity contribution in [2.45, 2.75) is 70.2 Å². The fraction of sp³-hybridized carbons (Fsp3) is 0.611. The molecule has 0 bridgehead atoms. The molecule has 1 saturated carbocycles. The summed E-state index contributed by atoms with van der Waals surface area (Å²) in [6, 6.07) is 10.5. The molecule has 1 aromatic rings. The molecule has 0 radical (unpaired) electrons. The molecule has 1 aromatic carbocycles. The van der Waals surface area contributed by atoms with Crippen molar-refractivity contribution in [3.05, 3.63) is 35.9 Å². The molecule has 2 nitrogen and oxygen atoms in total. The minimum absolute atomic E-state index is 0.177. The van der Waals surface area contributed by atoms with Crippen LogP contribution in [0.25, 0.3) is 0 Å². The van der Waals surface area contributed by atoms with E-state index in [-0.39, 0.29) is 10.6 Å². The highest BCUT2D eigenvalue weighted by Crippen LogP contribution is 2.47. The number of carbonyl (C=O) groups excluding carboxylic acids is 1. The highest BCUT2D eigenvalue weighted by molar-refractivity contribution is 6.74. The molecule has 0 spiro atoms. The van der Waals surface area contributed by atoms with Crippen molar-refractivity contribution in [1.29, 1.82) is 0 Å². The van der Waals surface area contributed by atoms with Gasteiger partial charge in [-0.25, -0.2) is 0 Å². The van der Waals surface area contributed by atoms with Crippen LogP contribution in [0.5, 0.6) is 0 Å². The molecular weight excluding hydrogens is 276 g/mol. The average molecular weight is 305 g/mol. The molecule has 1 fully saturated rings. The molecule has 1 aliphatic carbocycles. The predicted molar refractivity (Wildman–Crippen MR) is 89.9 cm³/mol. The Balaban J connectivity index is 2.36. The third-order valence-corrected chi connectivity index (χ3v) is 9.69. The minimum Gasteiger partial charge on any atom is -0.407 e. The first-order valence-corrected chi connectivity index (χ1v) is 10.8. The molecule has 0 atom stereocenters. The summed E-state index contributed by atoms with van der Waals surface area (Å²) in [7, 11) is -1.88. The summed E-state index contributed by atoms with van der Waals surface area (Å²) in [6.07, 6.45) is 2.93. The zero-order valence-electron chi connectivity index (χ0n) is 14.0. The molecule has 1 aliphatic rings. The molecule has 0 N–H and O–H groups in total. The molecule has 0 aliphatic heterocycles. The van der Waals surface area contributed by atoms with Crippen LogP contribution in [0.4, 0.5) is 0 Å². The van der Waals surface area contributed by atoms with Gasteiger partial charge in [0.2, 0.25) is 0 Å². The SMILES string of the molecule is CC(C)(C)[Si](C)(C)OC1(c2ccccc2)CCC(=O)CC1. The summed E-state index contributed by atoms with van der Waals surface area (Å²) in [5.74, 6) is 0.375. The van der Waals surface area contributed by atoms with Crippen LogP contribution in [0.1, 0.15) is 52.0 Å². The van der Waals surface area contributed by atoms with E-state index >= 15 is 0 Å². The Morgan fingerprint density at radius 2 is 1.57 bits per heavy atom. The Bertz CT molecular complexity index is 490. The number of ketones is 1. The minimum atomic E-state index is -1.88. The number of hydrogen-bond acceptors (Lipinski definition) is 2. The Kier molecular flexibility index (Phi) is 4.46. The highest BCUT2D eigenvalue weighted by atomic mass is 28.4. The third-order valence-electron chi connectivity index (χ3n) is 5.17. The molecule has 0 saturated heterocycles. The van der Waals surface area contributed by atoms with E-state index in [4.69, 9.17) is 4.43 Å². The van der Waals surface area contributed by atoms with E-state index in [2.05, 4.69) is 58.1 Å². The van der Waals surface area contributed by atoms with E-state index in [1.807, 2.05) is 6.07 Å². The highest BCUT2D eigenvalue weighted by Gasteiger charge is 2.46. The Morgan fingerprint density at radius 3 is 2.05 bits per heavy atom. The Labute approximate surface area is 130 Å². The van der Waals surface area contributed by atoms with Crippen molar-refractivity contribution < 1.29 is 9.22 Å². The van der Waals surface area contributed by atoms with E-state index < -0.39 is 8.32 Å². The summed E-state index contributed by atoms with van der Waals surface area (Å²) >= 11 is 0. The molecule has 21 heavy (non-hydrogen) atoms. The standard InChI is InChI=1S/C18H28O2Si/c1-17(2,3)21(4,5)20-18(13-11-16(19)12-14-18)15-9-7-6-8-10-15/h6-10H,11-14H2,1-5H3.